The van der Waals surface area contributed by atoms with Crippen molar-refractivity contribution in [1.29, 1.82) is 0 Å². The summed E-state index contributed by atoms with van der Waals surface area (Å²) in [6.07, 6.45) is -3.74. The van der Waals surface area contributed by atoms with Crippen molar-refractivity contribution >= 4 is 10.9 Å². The molecular weight excluding hydrogens is 277 g/mol. The summed E-state index contributed by atoms with van der Waals surface area (Å²) in [5.41, 5.74) is 6.70. The summed E-state index contributed by atoms with van der Waals surface area (Å²) >= 11 is 0. The van der Waals surface area contributed by atoms with Gasteiger partial charge in [-0.05, 0) is 49.1 Å². The molecule has 0 aliphatic carbocycles. The quantitative estimate of drug-likeness (QED) is 0.926. The molecule has 0 radical (unpaired) electrons. The second kappa shape index (κ2) is 5.30. The highest BCUT2D eigenvalue weighted by molar-refractivity contribution is 5.86. The van der Waals surface area contributed by atoms with Crippen LogP contribution in [0.1, 0.15) is 30.7 Å². The molecule has 5 heteroatoms. The highest BCUT2D eigenvalue weighted by Gasteiger charge is 2.33. The predicted molar refractivity (Wildman–Crippen MR) is 78.0 cm³/mol. The van der Waals surface area contributed by atoms with E-state index in [1.165, 1.54) is 6.07 Å². The third-order valence-corrected chi connectivity index (χ3v) is 3.60. The summed E-state index contributed by atoms with van der Waals surface area (Å²) in [6, 6.07) is 5.85. The molecule has 2 nitrogen and oxygen atoms in total. The molecule has 1 aromatic heterocycles. The van der Waals surface area contributed by atoms with Crippen LogP contribution in [0.25, 0.3) is 10.9 Å². The van der Waals surface area contributed by atoms with Gasteiger partial charge in [-0.1, -0.05) is 19.9 Å². The molecule has 0 fully saturated rings. The number of benzene rings is 1. The second-order valence-electron chi connectivity index (χ2n) is 6.17. The molecule has 0 aliphatic rings. The van der Waals surface area contributed by atoms with Gasteiger partial charge in [0.2, 0.25) is 0 Å². The number of pyridine rings is 1. The number of hydrogen-bond acceptors (Lipinski definition) is 2. The Hall–Kier alpha value is -1.62. The molecule has 2 N–H and O–H groups in total. The van der Waals surface area contributed by atoms with E-state index >= 15 is 0 Å². The van der Waals surface area contributed by atoms with E-state index in [2.05, 4.69) is 4.98 Å². The van der Waals surface area contributed by atoms with Crippen LogP contribution < -0.4 is 5.73 Å². The molecule has 0 bridgehead atoms. The third kappa shape index (κ3) is 3.35. The highest BCUT2D eigenvalue weighted by Crippen LogP contribution is 2.36. The minimum atomic E-state index is -4.37. The Morgan fingerprint density at radius 2 is 1.86 bits per heavy atom. The van der Waals surface area contributed by atoms with Gasteiger partial charge in [-0.25, -0.2) is 0 Å². The van der Waals surface area contributed by atoms with Crippen molar-refractivity contribution in [2.45, 2.75) is 33.4 Å². The van der Waals surface area contributed by atoms with Crippen LogP contribution in [0.15, 0.2) is 24.3 Å². The third-order valence-electron chi connectivity index (χ3n) is 3.60. The monoisotopic (exact) mass is 296 g/mol. The number of rotatable bonds is 3. The topological polar surface area (TPSA) is 38.9 Å². The minimum absolute atomic E-state index is 0.130. The largest absolute Gasteiger partial charge is 0.417 e. The number of alkyl halides is 3. The molecular formula is C16H19F3N2. The number of hydrogen-bond donors (Lipinski definition) is 1. The van der Waals surface area contributed by atoms with E-state index in [4.69, 9.17) is 5.73 Å². The SMILES string of the molecule is Cc1cc(CC(C)(C)CN)nc2cccc(C(F)(F)F)c12. The highest BCUT2D eigenvalue weighted by atomic mass is 19.4. The minimum Gasteiger partial charge on any atom is -0.330 e. The Balaban J connectivity index is 2.59. The number of nitrogens with zero attached hydrogens (tertiary/aromatic N) is 1. The van der Waals surface area contributed by atoms with E-state index in [0.29, 0.717) is 24.0 Å². The van der Waals surface area contributed by atoms with E-state index in [9.17, 15) is 13.2 Å². The fourth-order valence-electron chi connectivity index (χ4n) is 2.45. The molecule has 0 spiro atoms. The number of aromatic nitrogens is 1. The molecule has 1 heterocycles. The maximum absolute atomic E-state index is 13.1. The molecule has 21 heavy (non-hydrogen) atoms. The van der Waals surface area contributed by atoms with Gasteiger partial charge in [0.05, 0.1) is 11.1 Å². The lowest BCUT2D eigenvalue weighted by molar-refractivity contribution is -0.136. The Morgan fingerprint density at radius 1 is 1.19 bits per heavy atom. The first-order valence-corrected chi connectivity index (χ1v) is 6.80. The average Bonchev–Trinajstić information content (AvgIpc) is 2.36. The predicted octanol–water partition coefficient (Wildman–Crippen LogP) is 4.09. The zero-order valence-electron chi connectivity index (χ0n) is 12.4. The van der Waals surface area contributed by atoms with Crippen molar-refractivity contribution in [3.8, 4) is 0 Å². The average molecular weight is 296 g/mol. The van der Waals surface area contributed by atoms with Crippen LogP contribution in [0.5, 0.6) is 0 Å². The van der Waals surface area contributed by atoms with E-state index in [0.717, 1.165) is 11.8 Å². The lowest BCUT2D eigenvalue weighted by Gasteiger charge is -2.22. The fraction of sp³-hybridized carbons (Fsp3) is 0.438. The van der Waals surface area contributed by atoms with Crippen molar-refractivity contribution in [2.24, 2.45) is 11.1 Å². The Kier molecular flexibility index (Phi) is 3.97. The Bertz CT molecular complexity index is 660. The van der Waals surface area contributed by atoms with Crippen molar-refractivity contribution in [3.05, 3.63) is 41.1 Å². The van der Waals surface area contributed by atoms with Gasteiger partial charge in [0.1, 0.15) is 0 Å². The first-order valence-electron chi connectivity index (χ1n) is 6.80. The molecule has 0 atom stereocenters. The van der Waals surface area contributed by atoms with Gasteiger partial charge in [-0.3, -0.25) is 4.98 Å². The summed E-state index contributed by atoms with van der Waals surface area (Å²) in [4.78, 5) is 4.39. The van der Waals surface area contributed by atoms with Gasteiger partial charge in [0, 0.05) is 11.1 Å². The second-order valence-corrected chi connectivity index (χ2v) is 6.17. The summed E-state index contributed by atoms with van der Waals surface area (Å²) < 4.78 is 39.2. The number of fused-ring (bicyclic) bond motifs is 1. The standard InChI is InChI=1S/C16H19F3N2/c1-10-7-11(8-15(2,3)9-20)21-13-6-4-5-12(14(10)13)16(17,18)19/h4-7H,8-9,20H2,1-3H3. The maximum Gasteiger partial charge on any atom is 0.417 e. The Labute approximate surface area is 122 Å². The fourth-order valence-corrected chi connectivity index (χ4v) is 2.45. The molecule has 0 saturated carbocycles. The van der Waals surface area contributed by atoms with E-state index < -0.39 is 11.7 Å². The lowest BCUT2D eigenvalue weighted by atomic mass is 9.87. The van der Waals surface area contributed by atoms with Gasteiger partial charge in [0.15, 0.2) is 0 Å². The van der Waals surface area contributed by atoms with Crippen LogP contribution in [0.3, 0.4) is 0 Å². The van der Waals surface area contributed by atoms with Gasteiger partial charge in [0.25, 0.3) is 0 Å². The van der Waals surface area contributed by atoms with Crippen molar-refractivity contribution < 1.29 is 13.2 Å². The van der Waals surface area contributed by atoms with Crippen LogP contribution in [0, 0.1) is 12.3 Å². The smallest absolute Gasteiger partial charge is 0.330 e. The summed E-state index contributed by atoms with van der Waals surface area (Å²) in [5.74, 6) is 0. The summed E-state index contributed by atoms with van der Waals surface area (Å²) in [7, 11) is 0. The Morgan fingerprint density at radius 3 is 2.43 bits per heavy atom. The van der Waals surface area contributed by atoms with Crippen molar-refractivity contribution in [3.63, 3.8) is 0 Å². The number of halogens is 3. The van der Waals surface area contributed by atoms with Crippen LogP contribution in [-0.4, -0.2) is 11.5 Å². The van der Waals surface area contributed by atoms with Gasteiger partial charge in [-0.15, -0.1) is 0 Å². The van der Waals surface area contributed by atoms with Crippen LogP contribution in [0.4, 0.5) is 13.2 Å². The number of aryl methyl sites for hydroxylation is 1. The molecule has 1 aromatic carbocycles. The van der Waals surface area contributed by atoms with Gasteiger partial charge < -0.3 is 5.73 Å². The first-order chi connectivity index (χ1) is 9.64. The molecule has 2 aromatic rings. The normalized spacial score (nSPS) is 12.9. The van der Waals surface area contributed by atoms with E-state index in [1.54, 1.807) is 19.1 Å². The van der Waals surface area contributed by atoms with Gasteiger partial charge in [-0.2, -0.15) is 13.2 Å². The summed E-state index contributed by atoms with van der Waals surface area (Å²) in [5, 5.41) is 0.180. The van der Waals surface area contributed by atoms with Crippen molar-refractivity contribution in [2.75, 3.05) is 6.54 Å². The van der Waals surface area contributed by atoms with Crippen LogP contribution in [0.2, 0.25) is 0 Å². The molecule has 114 valence electrons. The molecule has 2 rings (SSSR count). The van der Waals surface area contributed by atoms with Crippen molar-refractivity contribution in [1.82, 2.24) is 4.98 Å². The van der Waals surface area contributed by atoms with E-state index in [1.807, 2.05) is 13.8 Å². The molecule has 0 saturated heterocycles. The van der Waals surface area contributed by atoms with Crippen LogP contribution >= 0.6 is 0 Å². The van der Waals surface area contributed by atoms with Crippen LogP contribution in [-0.2, 0) is 12.6 Å². The zero-order chi connectivity index (χ0) is 15.8. The first kappa shape index (κ1) is 15.8. The lowest BCUT2D eigenvalue weighted by Crippen LogP contribution is -2.26. The molecule has 0 unspecified atom stereocenters. The molecule has 0 aliphatic heterocycles. The van der Waals surface area contributed by atoms with E-state index in [-0.39, 0.29) is 10.8 Å². The zero-order valence-corrected chi connectivity index (χ0v) is 12.4. The maximum atomic E-state index is 13.1. The molecule has 0 amide bonds. The number of nitrogens with two attached hydrogens (primary N) is 1. The summed E-state index contributed by atoms with van der Waals surface area (Å²) in [6.45, 7) is 6.22. The van der Waals surface area contributed by atoms with Gasteiger partial charge >= 0.3 is 6.18 Å².